The van der Waals surface area contributed by atoms with Gasteiger partial charge in [0.05, 0.1) is 5.75 Å². The topological polar surface area (TPSA) is 34.1 Å². The first-order valence-electron chi connectivity index (χ1n) is 6.13. The minimum absolute atomic E-state index is 0.122. The molecule has 5 heteroatoms. The third-order valence-electron chi connectivity index (χ3n) is 3.05. The van der Waals surface area contributed by atoms with Gasteiger partial charge in [-0.1, -0.05) is 58.4 Å². The number of benzene rings is 2. The van der Waals surface area contributed by atoms with Crippen molar-refractivity contribution in [3.8, 4) is 0 Å². The van der Waals surface area contributed by atoms with Gasteiger partial charge >= 0.3 is 0 Å². The summed E-state index contributed by atoms with van der Waals surface area (Å²) in [6, 6.07) is 14.8. The number of sulfone groups is 1. The molecule has 1 unspecified atom stereocenters. The van der Waals surface area contributed by atoms with Crippen LogP contribution >= 0.6 is 15.9 Å². The summed E-state index contributed by atoms with van der Waals surface area (Å²) in [5, 5.41) is 0.505. The lowest BCUT2D eigenvalue weighted by Gasteiger charge is -2.15. The molecule has 0 saturated carbocycles. The number of hydrogen-bond donors (Lipinski definition) is 0. The van der Waals surface area contributed by atoms with E-state index in [4.69, 9.17) is 0 Å². The van der Waals surface area contributed by atoms with Crippen LogP contribution in [0.15, 0.2) is 59.5 Å². The van der Waals surface area contributed by atoms with E-state index in [1.54, 1.807) is 0 Å². The molecule has 0 fully saturated rings. The van der Waals surface area contributed by atoms with Gasteiger partial charge in [0.2, 0.25) is 0 Å². The molecule has 106 valence electrons. The van der Waals surface area contributed by atoms with Gasteiger partial charge in [0.25, 0.3) is 0 Å². The maximum absolute atomic E-state index is 13.7. The van der Waals surface area contributed by atoms with Gasteiger partial charge in [-0.3, -0.25) is 0 Å². The summed E-state index contributed by atoms with van der Waals surface area (Å²) in [7, 11) is -3.66. The molecule has 0 N–H and O–H groups in total. The second-order valence-electron chi connectivity index (χ2n) is 4.47. The summed E-state index contributed by atoms with van der Waals surface area (Å²) in [6.07, 6.45) is 0. The molecule has 2 aromatic carbocycles. The van der Waals surface area contributed by atoms with E-state index in [1.807, 2.05) is 30.3 Å². The summed E-state index contributed by atoms with van der Waals surface area (Å²) in [5.41, 5.74) is 0.921. The maximum Gasteiger partial charge on any atom is 0.181 e. The molecule has 0 aromatic heterocycles. The van der Waals surface area contributed by atoms with Crippen LogP contribution < -0.4 is 0 Å². The van der Waals surface area contributed by atoms with Crippen molar-refractivity contribution in [1.29, 1.82) is 0 Å². The fraction of sp³-hybridized carbons (Fsp3) is 0.200. The summed E-state index contributed by atoms with van der Waals surface area (Å²) in [5.74, 6) is -1.03. The lowest BCUT2D eigenvalue weighted by atomic mass is 10.0. The Hall–Kier alpha value is -1.20. The molecule has 2 nitrogen and oxygen atoms in total. The van der Waals surface area contributed by atoms with E-state index in [0.717, 1.165) is 5.56 Å². The molecule has 0 aliphatic heterocycles. The number of rotatable bonds is 5. The van der Waals surface area contributed by atoms with E-state index >= 15 is 0 Å². The zero-order valence-electron chi connectivity index (χ0n) is 10.7. The molecule has 0 bridgehead atoms. The highest BCUT2D eigenvalue weighted by molar-refractivity contribution is 9.09. The summed E-state index contributed by atoms with van der Waals surface area (Å²) < 4.78 is 38.3. The van der Waals surface area contributed by atoms with Gasteiger partial charge in [-0.15, -0.1) is 0 Å². The van der Waals surface area contributed by atoms with Crippen molar-refractivity contribution in [2.75, 3.05) is 11.1 Å². The second kappa shape index (κ2) is 6.50. The van der Waals surface area contributed by atoms with Crippen molar-refractivity contribution in [2.45, 2.75) is 10.8 Å². The first-order valence-corrected chi connectivity index (χ1v) is 8.90. The lowest BCUT2D eigenvalue weighted by Crippen LogP contribution is -2.17. The standard InChI is InChI=1S/C15H14BrFO2S/c16-10-13(12-6-2-1-3-7-12)11-20(18,19)15-9-5-4-8-14(15)17/h1-9,13H,10-11H2. The maximum atomic E-state index is 13.7. The quantitative estimate of drug-likeness (QED) is 0.764. The average molecular weight is 357 g/mol. The van der Waals surface area contributed by atoms with Crippen LogP contribution in [0.25, 0.3) is 0 Å². The molecule has 20 heavy (non-hydrogen) atoms. The Balaban J connectivity index is 2.30. The molecular weight excluding hydrogens is 343 g/mol. The average Bonchev–Trinajstić information content (AvgIpc) is 2.46. The Morgan fingerprint density at radius 2 is 1.60 bits per heavy atom. The zero-order chi connectivity index (χ0) is 14.6. The van der Waals surface area contributed by atoms with E-state index in [1.165, 1.54) is 24.3 Å². The second-order valence-corrected chi connectivity index (χ2v) is 7.12. The van der Waals surface area contributed by atoms with Gasteiger partial charge < -0.3 is 0 Å². The van der Waals surface area contributed by atoms with Gasteiger partial charge in [0, 0.05) is 11.2 Å². The minimum atomic E-state index is -3.66. The van der Waals surface area contributed by atoms with Gasteiger partial charge in [0.1, 0.15) is 10.7 Å². The van der Waals surface area contributed by atoms with Crippen molar-refractivity contribution in [2.24, 2.45) is 0 Å². The van der Waals surface area contributed by atoms with Crippen LogP contribution in [0.3, 0.4) is 0 Å². The van der Waals surface area contributed by atoms with Gasteiger partial charge in [-0.25, -0.2) is 12.8 Å². The Morgan fingerprint density at radius 3 is 2.20 bits per heavy atom. The summed E-state index contributed by atoms with van der Waals surface area (Å²) >= 11 is 3.34. The third-order valence-corrected chi connectivity index (χ3v) is 5.67. The molecule has 1 atom stereocenters. The van der Waals surface area contributed by atoms with Gasteiger partial charge in [0.15, 0.2) is 9.84 Å². The summed E-state index contributed by atoms with van der Waals surface area (Å²) in [4.78, 5) is -0.234. The molecule has 0 spiro atoms. The highest BCUT2D eigenvalue weighted by atomic mass is 79.9. The van der Waals surface area contributed by atoms with Crippen LogP contribution in [0.2, 0.25) is 0 Å². The van der Waals surface area contributed by atoms with E-state index in [9.17, 15) is 12.8 Å². The smallest absolute Gasteiger partial charge is 0.181 e. The highest BCUT2D eigenvalue weighted by Gasteiger charge is 2.24. The van der Waals surface area contributed by atoms with Crippen molar-refractivity contribution >= 4 is 25.8 Å². The fourth-order valence-corrected chi connectivity index (χ4v) is 4.58. The Bertz CT molecular complexity index is 671. The number of halogens is 2. The van der Waals surface area contributed by atoms with Crippen molar-refractivity contribution in [3.05, 3.63) is 66.0 Å². The van der Waals surface area contributed by atoms with Gasteiger partial charge in [-0.2, -0.15) is 0 Å². The molecule has 0 heterocycles. The monoisotopic (exact) mass is 356 g/mol. The molecule has 0 amide bonds. The molecule has 0 radical (unpaired) electrons. The molecule has 2 aromatic rings. The Labute approximate surface area is 126 Å². The Kier molecular flexibility index (Phi) is 4.94. The largest absolute Gasteiger partial charge is 0.224 e. The molecule has 0 aliphatic carbocycles. The first-order chi connectivity index (χ1) is 9.54. The predicted octanol–water partition coefficient (Wildman–Crippen LogP) is 3.78. The van der Waals surface area contributed by atoms with Crippen LogP contribution in [0.4, 0.5) is 4.39 Å². The predicted molar refractivity (Wildman–Crippen MR) is 81.4 cm³/mol. The number of hydrogen-bond acceptors (Lipinski definition) is 2. The van der Waals surface area contributed by atoms with Crippen LogP contribution in [0.1, 0.15) is 11.5 Å². The zero-order valence-corrected chi connectivity index (χ0v) is 13.1. The van der Waals surface area contributed by atoms with Crippen LogP contribution in [-0.4, -0.2) is 19.5 Å². The molecule has 0 saturated heterocycles. The van der Waals surface area contributed by atoms with Crippen molar-refractivity contribution < 1.29 is 12.8 Å². The molecular formula is C15H14BrFO2S. The van der Waals surface area contributed by atoms with Crippen molar-refractivity contribution in [1.82, 2.24) is 0 Å². The third kappa shape index (κ3) is 3.46. The SMILES string of the molecule is O=S(=O)(CC(CBr)c1ccccc1)c1ccccc1F. The fourth-order valence-electron chi connectivity index (χ4n) is 2.01. The normalized spacial score (nSPS) is 13.1. The minimum Gasteiger partial charge on any atom is -0.224 e. The summed E-state index contributed by atoms with van der Waals surface area (Å²) in [6.45, 7) is 0. The van der Waals surface area contributed by atoms with Gasteiger partial charge in [-0.05, 0) is 17.7 Å². The van der Waals surface area contributed by atoms with Crippen molar-refractivity contribution in [3.63, 3.8) is 0 Å². The van der Waals surface area contributed by atoms with Crippen LogP contribution in [0, 0.1) is 5.82 Å². The van der Waals surface area contributed by atoms with E-state index in [0.29, 0.717) is 5.33 Å². The Morgan fingerprint density at radius 1 is 1.00 bits per heavy atom. The lowest BCUT2D eigenvalue weighted by molar-refractivity contribution is 0.564. The van der Waals surface area contributed by atoms with E-state index < -0.39 is 15.7 Å². The molecule has 2 rings (SSSR count). The number of alkyl halides is 1. The van der Waals surface area contributed by atoms with E-state index in [-0.39, 0.29) is 16.6 Å². The van der Waals surface area contributed by atoms with Crippen LogP contribution in [-0.2, 0) is 9.84 Å². The molecule has 0 aliphatic rings. The highest BCUT2D eigenvalue weighted by Crippen LogP contribution is 2.24. The first kappa shape index (κ1) is 15.2. The van der Waals surface area contributed by atoms with Crippen LogP contribution in [0.5, 0.6) is 0 Å². The van der Waals surface area contributed by atoms with E-state index in [2.05, 4.69) is 15.9 Å².